The number of hydrogen-bond donors (Lipinski definition) is 2. The molecule has 1 aromatic heterocycles. The molecule has 3 rings (SSSR count). The van der Waals surface area contributed by atoms with Gasteiger partial charge in [-0.1, -0.05) is 42.5 Å². The lowest BCUT2D eigenvalue weighted by Gasteiger charge is -2.12. The molecule has 0 atom stereocenters. The molecule has 7 nitrogen and oxygen atoms in total. The van der Waals surface area contributed by atoms with Gasteiger partial charge in [-0.05, 0) is 23.3 Å². The summed E-state index contributed by atoms with van der Waals surface area (Å²) in [7, 11) is 2.76. The molecule has 0 aliphatic carbocycles. The van der Waals surface area contributed by atoms with Crippen molar-refractivity contribution in [3.8, 4) is 11.1 Å². The van der Waals surface area contributed by atoms with Gasteiger partial charge in [-0.3, -0.25) is 18.7 Å². The van der Waals surface area contributed by atoms with Crippen LogP contribution in [0.5, 0.6) is 0 Å². The number of nitrogens with two attached hydrogens (primary N) is 1. The molecule has 0 spiro atoms. The van der Waals surface area contributed by atoms with Gasteiger partial charge < -0.3 is 11.1 Å². The maximum Gasteiger partial charge on any atom is 0.332 e. The Balaban J connectivity index is 1.90. The lowest BCUT2D eigenvalue weighted by atomic mass is 10.0. The smallest absolute Gasteiger partial charge is 0.332 e. The molecule has 3 aromatic rings. The van der Waals surface area contributed by atoms with Crippen LogP contribution in [0.25, 0.3) is 11.1 Å². The number of aromatic nitrogens is 2. The first-order valence-corrected chi connectivity index (χ1v) is 7.92. The van der Waals surface area contributed by atoms with Gasteiger partial charge in [-0.25, -0.2) is 4.79 Å². The van der Waals surface area contributed by atoms with E-state index in [9.17, 15) is 14.4 Å². The monoisotopic (exact) mass is 350 g/mol. The third-order valence-electron chi connectivity index (χ3n) is 4.20. The largest absolute Gasteiger partial charge is 0.383 e. The van der Waals surface area contributed by atoms with Gasteiger partial charge in [0.25, 0.3) is 11.5 Å². The van der Waals surface area contributed by atoms with Crippen LogP contribution in [-0.4, -0.2) is 15.0 Å². The van der Waals surface area contributed by atoms with Crippen molar-refractivity contribution in [1.29, 1.82) is 0 Å². The minimum atomic E-state index is -0.653. The van der Waals surface area contributed by atoms with Crippen molar-refractivity contribution < 1.29 is 4.79 Å². The summed E-state index contributed by atoms with van der Waals surface area (Å²) in [6.45, 7) is 0. The van der Waals surface area contributed by atoms with Crippen LogP contribution in [0.3, 0.4) is 0 Å². The molecule has 0 bridgehead atoms. The van der Waals surface area contributed by atoms with E-state index in [4.69, 9.17) is 5.73 Å². The number of carbonyl (C=O) groups is 1. The second kappa shape index (κ2) is 6.72. The number of hydrogen-bond acceptors (Lipinski definition) is 4. The van der Waals surface area contributed by atoms with Gasteiger partial charge in [0.2, 0.25) is 0 Å². The van der Waals surface area contributed by atoms with E-state index in [0.717, 1.165) is 20.3 Å². The fourth-order valence-corrected chi connectivity index (χ4v) is 2.61. The van der Waals surface area contributed by atoms with Crippen LogP contribution in [-0.2, 0) is 14.1 Å². The Labute approximate surface area is 149 Å². The fourth-order valence-electron chi connectivity index (χ4n) is 2.61. The number of nitrogens with one attached hydrogen (secondary N) is 1. The van der Waals surface area contributed by atoms with Crippen LogP contribution in [0.15, 0.2) is 64.2 Å². The van der Waals surface area contributed by atoms with Crippen LogP contribution in [0.4, 0.5) is 11.5 Å². The van der Waals surface area contributed by atoms with E-state index < -0.39 is 17.2 Å². The van der Waals surface area contributed by atoms with E-state index >= 15 is 0 Å². The lowest BCUT2D eigenvalue weighted by molar-refractivity contribution is 0.102. The van der Waals surface area contributed by atoms with Crippen molar-refractivity contribution in [2.45, 2.75) is 0 Å². The molecule has 0 unspecified atom stereocenters. The Hall–Kier alpha value is -3.61. The lowest BCUT2D eigenvalue weighted by Crippen LogP contribution is -2.40. The van der Waals surface area contributed by atoms with Gasteiger partial charge in [-0.2, -0.15) is 0 Å². The van der Waals surface area contributed by atoms with Crippen LogP contribution < -0.4 is 22.3 Å². The average Bonchev–Trinajstić information content (AvgIpc) is 2.69. The van der Waals surface area contributed by atoms with Crippen molar-refractivity contribution >= 4 is 17.4 Å². The zero-order valence-corrected chi connectivity index (χ0v) is 14.4. The quantitative estimate of drug-likeness (QED) is 0.749. The van der Waals surface area contributed by atoms with Crippen molar-refractivity contribution in [1.82, 2.24) is 9.13 Å². The number of rotatable bonds is 3. The fraction of sp³-hybridized carbons (Fsp3) is 0.105. The van der Waals surface area contributed by atoms with E-state index in [1.54, 1.807) is 12.1 Å². The number of amides is 1. The summed E-state index contributed by atoms with van der Waals surface area (Å²) in [4.78, 5) is 36.5. The van der Waals surface area contributed by atoms with Crippen LogP contribution >= 0.6 is 0 Å². The summed E-state index contributed by atoms with van der Waals surface area (Å²) in [6.07, 6.45) is 0. The van der Waals surface area contributed by atoms with Crippen LogP contribution in [0.1, 0.15) is 10.4 Å². The van der Waals surface area contributed by atoms with E-state index in [2.05, 4.69) is 5.32 Å². The molecule has 0 aliphatic rings. The summed E-state index contributed by atoms with van der Waals surface area (Å²) in [6, 6.07) is 16.7. The molecule has 0 radical (unpaired) electrons. The highest BCUT2D eigenvalue weighted by Crippen LogP contribution is 2.20. The third-order valence-corrected chi connectivity index (χ3v) is 4.20. The molecule has 0 fully saturated rings. The highest BCUT2D eigenvalue weighted by molar-refractivity contribution is 6.05. The molecule has 1 heterocycles. The number of nitrogen functional groups attached to an aromatic ring is 1. The topological polar surface area (TPSA) is 99.1 Å². The number of benzene rings is 2. The van der Waals surface area contributed by atoms with Crippen molar-refractivity contribution in [2.24, 2.45) is 14.1 Å². The third kappa shape index (κ3) is 3.02. The van der Waals surface area contributed by atoms with E-state index in [1.807, 2.05) is 42.5 Å². The molecular formula is C19H18N4O3. The van der Waals surface area contributed by atoms with E-state index in [1.165, 1.54) is 14.1 Å². The first-order valence-electron chi connectivity index (χ1n) is 7.92. The first-order chi connectivity index (χ1) is 12.4. The molecule has 0 saturated carbocycles. The second-order valence-electron chi connectivity index (χ2n) is 5.86. The molecule has 1 amide bonds. The SMILES string of the molecule is Cn1c(N)c(NC(=O)c2ccc(-c3ccccc3)cc2)c(=O)n(C)c1=O. The highest BCUT2D eigenvalue weighted by Gasteiger charge is 2.16. The van der Waals surface area contributed by atoms with Crippen molar-refractivity contribution in [2.75, 3.05) is 11.1 Å². The van der Waals surface area contributed by atoms with E-state index in [-0.39, 0.29) is 11.5 Å². The zero-order chi connectivity index (χ0) is 18.8. The maximum absolute atomic E-state index is 12.5. The average molecular weight is 350 g/mol. The Morgan fingerprint density at radius 1 is 0.885 bits per heavy atom. The molecule has 0 aliphatic heterocycles. The Morgan fingerprint density at radius 2 is 1.46 bits per heavy atom. The minimum Gasteiger partial charge on any atom is -0.383 e. The van der Waals surface area contributed by atoms with Crippen LogP contribution in [0, 0.1) is 0 Å². The minimum absolute atomic E-state index is 0.0904. The van der Waals surface area contributed by atoms with Crippen molar-refractivity contribution in [3.05, 3.63) is 81.0 Å². The standard InChI is InChI=1S/C19H18N4O3/c1-22-16(20)15(18(25)23(2)19(22)26)21-17(24)14-10-8-13(9-11-14)12-6-4-3-5-7-12/h3-11H,20H2,1-2H3,(H,21,24). The maximum atomic E-state index is 12.5. The van der Waals surface area contributed by atoms with Gasteiger partial charge >= 0.3 is 5.69 Å². The summed E-state index contributed by atoms with van der Waals surface area (Å²) < 4.78 is 2.00. The van der Waals surface area contributed by atoms with Gasteiger partial charge in [0.1, 0.15) is 11.5 Å². The Kier molecular flexibility index (Phi) is 4.45. The van der Waals surface area contributed by atoms with Gasteiger partial charge in [0.05, 0.1) is 0 Å². The molecule has 7 heteroatoms. The first kappa shape index (κ1) is 17.2. The van der Waals surface area contributed by atoms with Gasteiger partial charge in [0, 0.05) is 19.7 Å². The Bertz CT molecular complexity index is 1080. The number of carbonyl (C=O) groups excluding carboxylic acids is 1. The zero-order valence-electron chi connectivity index (χ0n) is 14.4. The number of nitrogens with zero attached hydrogens (tertiary/aromatic N) is 2. The molecule has 26 heavy (non-hydrogen) atoms. The second-order valence-corrected chi connectivity index (χ2v) is 5.86. The highest BCUT2D eigenvalue weighted by atomic mass is 16.2. The van der Waals surface area contributed by atoms with Gasteiger partial charge in [-0.15, -0.1) is 0 Å². The Morgan fingerprint density at radius 3 is 2.08 bits per heavy atom. The molecule has 132 valence electrons. The normalized spacial score (nSPS) is 10.5. The van der Waals surface area contributed by atoms with Crippen molar-refractivity contribution in [3.63, 3.8) is 0 Å². The summed E-state index contributed by atoms with van der Waals surface area (Å²) >= 11 is 0. The predicted molar refractivity (Wildman–Crippen MR) is 101 cm³/mol. The molecule has 3 N–H and O–H groups in total. The molecule has 0 saturated heterocycles. The summed E-state index contributed by atoms with van der Waals surface area (Å²) in [5, 5.41) is 2.51. The summed E-state index contributed by atoms with van der Waals surface area (Å²) in [5.74, 6) is -0.570. The van der Waals surface area contributed by atoms with Gasteiger partial charge in [0.15, 0.2) is 0 Å². The molecule has 2 aromatic carbocycles. The van der Waals surface area contributed by atoms with Crippen LogP contribution in [0.2, 0.25) is 0 Å². The number of anilines is 2. The predicted octanol–water partition coefficient (Wildman–Crippen LogP) is 1.59. The summed E-state index contributed by atoms with van der Waals surface area (Å²) in [5.41, 5.74) is 6.87. The molecular weight excluding hydrogens is 332 g/mol. The van der Waals surface area contributed by atoms with E-state index in [0.29, 0.717) is 5.56 Å².